The van der Waals surface area contributed by atoms with Gasteiger partial charge in [-0.05, 0) is 67.4 Å². The Morgan fingerprint density at radius 2 is 1.76 bits per heavy atom. The highest BCUT2D eigenvalue weighted by molar-refractivity contribution is 8.26. The van der Waals surface area contributed by atoms with Gasteiger partial charge in [0.15, 0.2) is 17.3 Å². The van der Waals surface area contributed by atoms with Gasteiger partial charge in [-0.15, -0.1) is 0 Å². The molecule has 2 aromatic carbocycles. The molecule has 4 rings (SSSR count). The third-order valence-corrected chi connectivity index (χ3v) is 6.23. The molecule has 2 aromatic rings. The topological polar surface area (TPSA) is 106 Å². The summed E-state index contributed by atoms with van der Waals surface area (Å²) in [7, 11) is 0. The predicted molar refractivity (Wildman–Crippen MR) is 146 cm³/mol. The normalized spacial score (nSPS) is 15.9. The molecule has 1 N–H and O–H groups in total. The van der Waals surface area contributed by atoms with Crippen LogP contribution in [0.3, 0.4) is 0 Å². The zero-order valence-electron chi connectivity index (χ0n) is 20.9. The van der Waals surface area contributed by atoms with Crippen LogP contribution in [0.1, 0.15) is 32.3 Å². The number of amides is 1. The van der Waals surface area contributed by atoms with Crippen LogP contribution in [-0.2, 0) is 9.53 Å². The maximum absolute atomic E-state index is 12.7. The van der Waals surface area contributed by atoms with Crippen LogP contribution in [0.5, 0.6) is 17.2 Å². The van der Waals surface area contributed by atoms with Crippen LogP contribution in [0.4, 0.5) is 0 Å². The number of carbonyl (C=O) groups excluding carboxylic acids is 1. The number of carbonyl (C=O) groups is 1. The van der Waals surface area contributed by atoms with Crippen LogP contribution >= 0.6 is 11.8 Å². The van der Waals surface area contributed by atoms with E-state index in [1.54, 1.807) is 18.2 Å². The van der Waals surface area contributed by atoms with Gasteiger partial charge in [-0.1, -0.05) is 31.2 Å². The molecular formula is C27H30N4O5S. The van der Waals surface area contributed by atoms with E-state index in [1.807, 2.05) is 43.3 Å². The van der Waals surface area contributed by atoms with Crippen molar-refractivity contribution in [2.75, 3.05) is 33.0 Å². The fourth-order valence-electron chi connectivity index (χ4n) is 3.56. The second kappa shape index (κ2) is 13.1. The fourth-order valence-corrected chi connectivity index (χ4v) is 4.55. The maximum atomic E-state index is 12.7. The van der Waals surface area contributed by atoms with Crippen molar-refractivity contribution in [1.82, 2.24) is 5.01 Å². The fraction of sp³-hybridized carbons (Fsp3) is 0.333. The number of hydrogen-bond donors (Lipinski definition) is 1. The molecule has 0 aromatic heterocycles. The molecular weight excluding hydrogens is 492 g/mol. The molecule has 37 heavy (non-hydrogen) atoms. The lowest BCUT2D eigenvalue weighted by Gasteiger charge is -2.20. The summed E-state index contributed by atoms with van der Waals surface area (Å²) in [6.45, 7) is 6.05. The average Bonchev–Trinajstić information content (AvgIpc) is 3.30. The van der Waals surface area contributed by atoms with E-state index in [-0.39, 0.29) is 11.4 Å². The van der Waals surface area contributed by atoms with Crippen molar-refractivity contribution >= 4 is 39.8 Å². The first-order valence-corrected chi connectivity index (χ1v) is 13.0. The Morgan fingerprint density at radius 1 is 0.973 bits per heavy atom. The average molecular weight is 523 g/mol. The van der Waals surface area contributed by atoms with Crippen molar-refractivity contribution in [1.29, 1.82) is 5.41 Å². The van der Waals surface area contributed by atoms with Gasteiger partial charge in [-0.3, -0.25) is 10.2 Å². The highest BCUT2D eigenvalue weighted by Crippen LogP contribution is 2.32. The van der Waals surface area contributed by atoms with Crippen LogP contribution in [-0.4, -0.2) is 60.0 Å². The first kappa shape index (κ1) is 26.4. The molecule has 0 spiro atoms. The summed E-state index contributed by atoms with van der Waals surface area (Å²) < 4.78 is 22.8. The summed E-state index contributed by atoms with van der Waals surface area (Å²) in [6.07, 6.45) is 3.35. The van der Waals surface area contributed by atoms with Gasteiger partial charge >= 0.3 is 0 Å². The van der Waals surface area contributed by atoms with E-state index in [4.69, 9.17) is 24.4 Å². The van der Waals surface area contributed by atoms with E-state index >= 15 is 0 Å². The number of aliphatic imine (C=N–C) groups is 1. The number of fused-ring (bicyclic) bond motifs is 1. The van der Waals surface area contributed by atoms with Gasteiger partial charge < -0.3 is 18.9 Å². The third-order valence-electron chi connectivity index (χ3n) is 5.26. The number of nitrogens with zero attached hydrogens (tertiary/aromatic N) is 3. The lowest BCUT2D eigenvalue weighted by atomic mass is 10.1. The largest absolute Gasteiger partial charge is 0.491 e. The molecule has 2 heterocycles. The Morgan fingerprint density at radius 3 is 2.51 bits per heavy atom. The SMILES string of the molecule is CCCC1=NN2C(=N)/C(=C/c3ccc(OCCOCCOc4ccccc4)c(OCC)c3)C(=O)N=C2S1. The van der Waals surface area contributed by atoms with Gasteiger partial charge in [-0.25, -0.2) is 0 Å². The standard InChI is InChI=1S/C27H30N4O5S/c1-3-8-24-30-31-25(28)21(26(32)29-27(31)37-24)17-19-11-12-22(23(18-19)34-4-2)36-16-14-33-13-15-35-20-9-6-5-7-10-20/h5-7,9-12,17-18,28H,3-4,8,13-16H2,1-2H3/b21-17-,28-25?. The van der Waals surface area contributed by atoms with Gasteiger partial charge in [0.05, 0.1) is 25.4 Å². The number of amidine groups is 2. The number of thioether (sulfide) groups is 1. The summed E-state index contributed by atoms with van der Waals surface area (Å²) in [4.78, 5) is 16.8. The number of hydrogen-bond acceptors (Lipinski definition) is 8. The van der Waals surface area contributed by atoms with E-state index in [0.717, 1.165) is 23.6 Å². The van der Waals surface area contributed by atoms with Crippen LogP contribution in [0.15, 0.2) is 64.2 Å². The van der Waals surface area contributed by atoms with Crippen molar-refractivity contribution in [3.05, 3.63) is 59.7 Å². The van der Waals surface area contributed by atoms with Crippen molar-refractivity contribution in [2.45, 2.75) is 26.7 Å². The second-order valence-corrected chi connectivity index (χ2v) is 9.07. The van der Waals surface area contributed by atoms with E-state index in [9.17, 15) is 4.79 Å². The molecule has 10 heteroatoms. The van der Waals surface area contributed by atoms with Crippen LogP contribution in [0.2, 0.25) is 0 Å². The van der Waals surface area contributed by atoms with Crippen LogP contribution in [0.25, 0.3) is 6.08 Å². The zero-order chi connectivity index (χ0) is 26.0. The Balaban J connectivity index is 1.34. The van der Waals surface area contributed by atoms with Gasteiger partial charge in [0, 0.05) is 0 Å². The molecule has 0 unspecified atom stereocenters. The monoisotopic (exact) mass is 522 g/mol. The molecule has 0 atom stereocenters. The van der Waals surface area contributed by atoms with Gasteiger partial charge in [0.2, 0.25) is 5.17 Å². The van der Waals surface area contributed by atoms with Crippen molar-refractivity contribution in [3.8, 4) is 17.2 Å². The zero-order valence-corrected chi connectivity index (χ0v) is 21.8. The van der Waals surface area contributed by atoms with E-state index in [0.29, 0.717) is 55.3 Å². The number of ether oxygens (including phenoxy) is 4. The van der Waals surface area contributed by atoms with Crippen molar-refractivity contribution in [2.24, 2.45) is 10.1 Å². The molecule has 0 radical (unpaired) electrons. The lowest BCUT2D eigenvalue weighted by molar-refractivity contribution is -0.114. The third kappa shape index (κ3) is 6.99. The molecule has 0 saturated heterocycles. The lowest BCUT2D eigenvalue weighted by Crippen LogP contribution is -2.35. The van der Waals surface area contributed by atoms with Crippen molar-refractivity contribution < 1.29 is 23.7 Å². The molecule has 9 nitrogen and oxygen atoms in total. The molecule has 0 aliphatic carbocycles. The molecule has 0 saturated carbocycles. The minimum Gasteiger partial charge on any atom is -0.491 e. The maximum Gasteiger partial charge on any atom is 0.283 e. The number of para-hydroxylation sites is 1. The highest BCUT2D eigenvalue weighted by atomic mass is 32.2. The highest BCUT2D eigenvalue weighted by Gasteiger charge is 2.35. The summed E-state index contributed by atoms with van der Waals surface area (Å²) >= 11 is 1.34. The molecule has 1 amide bonds. The van der Waals surface area contributed by atoms with E-state index in [1.165, 1.54) is 16.8 Å². The minimum atomic E-state index is -0.455. The number of benzene rings is 2. The number of rotatable bonds is 13. The van der Waals surface area contributed by atoms with Gasteiger partial charge in [-0.2, -0.15) is 15.1 Å². The summed E-state index contributed by atoms with van der Waals surface area (Å²) in [6, 6.07) is 15.0. The molecule has 2 aliphatic heterocycles. The summed E-state index contributed by atoms with van der Waals surface area (Å²) in [5, 5.41) is 15.7. The minimum absolute atomic E-state index is 0.0142. The molecule has 2 aliphatic rings. The van der Waals surface area contributed by atoms with Crippen molar-refractivity contribution in [3.63, 3.8) is 0 Å². The van der Waals surface area contributed by atoms with E-state index in [2.05, 4.69) is 17.0 Å². The van der Waals surface area contributed by atoms with Crippen LogP contribution < -0.4 is 14.2 Å². The molecule has 0 fully saturated rings. The smallest absolute Gasteiger partial charge is 0.283 e. The molecule has 194 valence electrons. The Bertz CT molecular complexity index is 1210. The summed E-state index contributed by atoms with van der Waals surface area (Å²) in [5.41, 5.74) is 0.870. The quantitative estimate of drug-likeness (QED) is 0.292. The van der Waals surface area contributed by atoms with Gasteiger partial charge in [0.1, 0.15) is 24.0 Å². The molecule has 0 bridgehead atoms. The Kier molecular flexibility index (Phi) is 9.34. The number of hydrazone groups is 1. The second-order valence-electron chi connectivity index (χ2n) is 8.03. The first-order chi connectivity index (χ1) is 18.1. The van der Waals surface area contributed by atoms with E-state index < -0.39 is 5.91 Å². The van der Waals surface area contributed by atoms with Gasteiger partial charge in [0.25, 0.3) is 5.91 Å². The van der Waals surface area contributed by atoms with Crippen LogP contribution in [0, 0.1) is 5.41 Å². The summed E-state index contributed by atoms with van der Waals surface area (Å²) in [5.74, 6) is 1.49. The first-order valence-electron chi connectivity index (χ1n) is 12.2. The number of nitrogens with one attached hydrogen (secondary N) is 1. The Hall–Kier alpha value is -3.63. The predicted octanol–water partition coefficient (Wildman–Crippen LogP) is 4.98. The Labute approximate surface area is 220 Å².